The molecule has 3 unspecified atom stereocenters. The van der Waals surface area contributed by atoms with Crippen LogP contribution in [0.25, 0.3) is 0 Å². The smallest absolute Gasteiger partial charge is 0.309 e. The van der Waals surface area contributed by atoms with Crippen LogP contribution in [-0.2, 0) is 4.79 Å². The van der Waals surface area contributed by atoms with Gasteiger partial charge in [-0.1, -0.05) is 56.2 Å². The zero-order valence-corrected chi connectivity index (χ0v) is 18.0. The summed E-state index contributed by atoms with van der Waals surface area (Å²) < 4.78 is 0. The Hall–Kier alpha value is -1.43. The molecule has 4 N–H and O–H groups in total. The SMILES string of the molecule is CCCCC/C=C\C/C=C\CC(C)(O)/C=C/C(O)C(O)CCC(C)(C)C(=O)O. The minimum absolute atomic E-state index is 0.164. The Bertz CT molecular complexity index is 517. The fraction of sp³-hybridized carbons (Fsp3) is 0.696. The molecule has 0 saturated carbocycles. The molecule has 0 aliphatic heterocycles. The molecule has 0 spiro atoms. The van der Waals surface area contributed by atoms with Crippen molar-refractivity contribution in [3.05, 3.63) is 36.5 Å². The lowest BCUT2D eigenvalue weighted by atomic mass is 9.86. The topological polar surface area (TPSA) is 98.0 Å². The van der Waals surface area contributed by atoms with E-state index >= 15 is 0 Å². The number of unbranched alkanes of at least 4 members (excludes halogenated alkanes) is 3. The number of carboxylic acid groups (broad SMARTS) is 1. The van der Waals surface area contributed by atoms with E-state index in [1.807, 2.05) is 12.2 Å². The van der Waals surface area contributed by atoms with Crippen molar-refractivity contribution in [3.8, 4) is 0 Å². The molecule has 0 saturated heterocycles. The maximum Gasteiger partial charge on any atom is 0.309 e. The molecule has 5 heteroatoms. The number of allylic oxidation sites excluding steroid dienone is 3. The molecule has 0 heterocycles. The summed E-state index contributed by atoms with van der Waals surface area (Å²) in [6.07, 6.45) is 15.3. The zero-order valence-electron chi connectivity index (χ0n) is 18.0. The Morgan fingerprint density at radius 1 is 1.04 bits per heavy atom. The Balaban J connectivity index is 4.30. The molecule has 0 fully saturated rings. The standard InChI is InChI=1S/C23H40O5/c1-5-6-7-8-9-10-11-12-13-16-23(4,28)18-15-20(25)19(24)14-17-22(2,3)21(26)27/h9-10,12-13,15,18-20,24-25,28H,5-8,11,14,16-17H2,1-4H3,(H,26,27)/b10-9-,13-12-,18-15+. The van der Waals surface area contributed by atoms with Crippen molar-refractivity contribution in [1.82, 2.24) is 0 Å². The largest absolute Gasteiger partial charge is 0.481 e. The van der Waals surface area contributed by atoms with Gasteiger partial charge < -0.3 is 20.4 Å². The van der Waals surface area contributed by atoms with E-state index in [-0.39, 0.29) is 12.8 Å². The lowest BCUT2D eigenvalue weighted by molar-refractivity contribution is -0.147. The van der Waals surface area contributed by atoms with Crippen LogP contribution >= 0.6 is 0 Å². The van der Waals surface area contributed by atoms with Crippen LogP contribution in [0, 0.1) is 5.41 Å². The van der Waals surface area contributed by atoms with E-state index in [1.165, 1.54) is 31.4 Å². The van der Waals surface area contributed by atoms with E-state index in [9.17, 15) is 20.1 Å². The molecule has 5 nitrogen and oxygen atoms in total. The minimum Gasteiger partial charge on any atom is -0.481 e. The minimum atomic E-state index is -1.15. The van der Waals surface area contributed by atoms with E-state index < -0.39 is 29.2 Å². The number of rotatable bonds is 15. The molecular formula is C23H40O5. The van der Waals surface area contributed by atoms with Gasteiger partial charge in [0.25, 0.3) is 0 Å². The Kier molecular flexibility index (Phi) is 13.0. The highest BCUT2D eigenvalue weighted by molar-refractivity contribution is 5.73. The van der Waals surface area contributed by atoms with Crippen LogP contribution in [0.5, 0.6) is 0 Å². The lowest BCUT2D eigenvalue weighted by Gasteiger charge is -2.23. The molecule has 0 aliphatic rings. The average molecular weight is 397 g/mol. The van der Waals surface area contributed by atoms with E-state index in [2.05, 4.69) is 19.1 Å². The number of hydrogen-bond acceptors (Lipinski definition) is 4. The third-order valence-corrected chi connectivity index (χ3v) is 4.80. The first kappa shape index (κ1) is 26.6. The summed E-state index contributed by atoms with van der Waals surface area (Å²) in [6.45, 7) is 7.00. The van der Waals surface area contributed by atoms with Crippen molar-refractivity contribution < 1.29 is 25.2 Å². The highest BCUT2D eigenvalue weighted by Gasteiger charge is 2.28. The van der Waals surface area contributed by atoms with Crippen molar-refractivity contribution in [2.24, 2.45) is 5.41 Å². The van der Waals surface area contributed by atoms with Gasteiger partial charge in [0.05, 0.1) is 23.2 Å². The first-order valence-corrected chi connectivity index (χ1v) is 10.3. The number of hydrogen-bond donors (Lipinski definition) is 4. The number of carboxylic acids is 1. The number of aliphatic hydroxyl groups excluding tert-OH is 2. The van der Waals surface area contributed by atoms with Crippen molar-refractivity contribution in [2.75, 3.05) is 0 Å². The second-order valence-electron chi connectivity index (χ2n) is 8.38. The summed E-state index contributed by atoms with van der Waals surface area (Å²) in [7, 11) is 0. The van der Waals surface area contributed by atoms with Crippen molar-refractivity contribution in [2.45, 2.75) is 96.9 Å². The van der Waals surface area contributed by atoms with Crippen LogP contribution in [0.3, 0.4) is 0 Å². The summed E-state index contributed by atoms with van der Waals surface area (Å²) in [6, 6.07) is 0. The summed E-state index contributed by atoms with van der Waals surface area (Å²) in [5.41, 5.74) is -2.08. The van der Waals surface area contributed by atoms with E-state index in [0.29, 0.717) is 6.42 Å². The summed E-state index contributed by atoms with van der Waals surface area (Å²) in [5, 5.41) is 39.5. The van der Waals surface area contributed by atoms with Gasteiger partial charge in [0.15, 0.2) is 0 Å². The summed E-state index contributed by atoms with van der Waals surface area (Å²) >= 11 is 0. The van der Waals surface area contributed by atoms with Gasteiger partial charge in [-0.05, 0) is 59.3 Å². The molecule has 0 aromatic carbocycles. The van der Waals surface area contributed by atoms with Gasteiger partial charge in [0.2, 0.25) is 0 Å². The third-order valence-electron chi connectivity index (χ3n) is 4.80. The molecule has 162 valence electrons. The average Bonchev–Trinajstić information content (AvgIpc) is 2.62. The molecule has 0 rings (SSSR count). The highest BCUT2D eigenvalue weighted by Crippen LogP contribution is 2.24. The maximum atomic E-state index is 11.1. The summed E-state index contributed by atoms with van der Waals surface area (Å²) in [5.74, 6) is -0.935. The summed E-state index contributed by atoms with van der Waals surface area (Å²) in [4.78, 5) is 11.1. The first-order valence-electron chi connectivity index (χ1n) is 10.3. The van der Waals surface area contributed by atoms with Gasteiger partial charge in [-0.2, -0.15) is 0 Å². The predicted octanol–water partition coefficient (Wildman–Crippen LogP) is 4.38. The molecule has 0 aromatic heterocycles. The van der Waals surface area contributed by atoms with Gasteiger partial charge in [-0.25, -0.2) is 0 Å². The molecule has 0 bridgehead atoms. The van der Waals surface area contributed by atoms with Gasteiger partial charge in [0, 0.05) is 0 Å². The fourth-order valence-electron chi connectivity index (χ4n) is 2.51. The lowest BCUT2D eigenvalue weighted by Crippen LogP contribution is -2.30. The second-order valence-corrected chi connectivity index (χ2v) is 8.38. The van der Waals surface area contributed by atoms with Gasteiger partial charge in [-0.15, -0.1) is 0 Å². The number of aliphatic carboxylic acids is 1. The van der Waals surface area contributed by atoms with Crippen LogP contribution in [0.1, 0.15) is 79.1 Å². The highest BCUT2D eigenvalue weighted by atomic mass is 16.4. The third kappa shape index (κ3) is 12.9. The van der Waals surface area contributed by atoms with Crippen molar-refractivity contribution in [3.63, 3.8) is 0 Å². The second kappa shape index (κ2) is 13.7. The van der Waals surface area contributed by atoms with Crippen LogP contribution in [0.2, 0.25) is 0 Å². The quantitative estimate of drug-likeness (QED) is 0.243. The van der Waals surface area contributed by atoms with Gasteiger partial charge >= 0.3 is 5.97 Å². The zero-order chi connectivity index (χ0) is 21.6. The Labute approximate surface area is 170 Å². The van der Waals surface area contributed by atoms with Crippen LogP contribution in [-0.4, -0.2) is 44.2 Å². The molecule has 0 radical (unpaired) electrons. The van der Waals surface area contributed by atoms with Crippen LogP contribution in [0.4, 0.5) is 0 Å². The van der Waals surface area contributed by atoms with Crippen molar-refractivity contribution >= 4 is 5.97 Å². The molecule has 0 amide bonds. The normalized spacial score (nSPS) is 17.4. The Morgan fingerprint density at radius 2 is 1.68 bits per heavy atom. The maximum absolute atomic E-state index is 11.1. The van der Waals surface area contributed by atoms with E-state index in [1.54, 1.807) is 20.8 Å². The predicted molar refractivity (Wildman–Crippen MR) is 114 cm³/mol. The number of aliphatic hydroxyl groups is 3. The molecule has 3 atom stereocenters. The molecular weight excluding hydrogens is 356 g/mol. The van der Waals surface area contributed by atoms with Crippen LogP contribution in [0.15, 0.2) is 36.5 Å². The molecule has 0 aromatic rings. The van der Waals surface area contributed by atoms with Gasteiger partial charge in [-0.3, -0.25) is 4.79 Å². The van der Waals surface area contributed by atoms with E-state index in [0.717, 1.165) is 12.8 Å². The fourth-order valence-corrected chi connectivity index (χ4v) is 2.51. The van der Waals surface area contributed by atoms with Crippen LogP contribution < -0.4 is 0 Å². The molecule has 28 heavy (non-hydrogen) atoms. The van der Waals surface area contributed by atoms with E-state index in [4.69, 9.17) is 5.11 Å². The first-order chi connectivity index (χ1) is 13.0. The Morgan fingerprint density at radius 3 is 2.29 bits per heavy atom. The van der Waals surface area contributed by atoms with Crippen molar-refractivity contribution in [1.29, 1.82) is 0 Å². The number of carbonyl (C=O) groups is 1. The van der Waals surface area contributed by atoms with Gasteiger partial charge in [0.1, 0.15) is 0 Å². The monoisotopic (exact) mass is 396 g/mol. The molecule has 0 aliphatic carbocycles.